The number of nitrogens with one attached hydrogen (secondary N) is 3. The molecule has 1 heterocycles. The van der Waals surface area contributed by atoms with E-state index in [4.69, 9.17) is 23.2 Å². The molecule has 3 N–H and O–H groups in total. The lowest BCUT2D eigenvalue weighted by Crippen LogP contribution is -2.44. The maximum absolute atomic E-state index is 13.1. The van der Waals surface area contributed by atoms with E-state index >= 15 is 0 Å². The van der Waals surface area contributed by atoms with Crippen LogP contribution in [0.4, 0.5) is 5.69 Å². The van der Waals surface area contributed by atoms with Crippen molar-refractivity contribution in [3.05, 3.63) is 62.7 Å². The molecule has 2 aromatic carbocycles. The maximum Gasteiger partial charge on any atom is 0.328 e. The van der Waals surface area contributed by atoms with E-state index in [1.807, 2.05) is 6.07 Å². The van der Waals surface area contributed by atoms with Crippen molar-refractivity contribution in [1.82, 2.24) is 9.99 Å². The summed E-state index contributed by atoms with van der Waals surface area (Å²) in [6, 6.07) is 11.7. The lowest BCUT2D eigenvalue weighted by Gasteiger charge is -2.22. The average Bonchev–Trinajstić information content (AvgIpc) is 3.14. The molecule has 1 saturated carbocycles. The van der Waals surface area contributed by atoms with E-state index < -0.39 is 17.7 Å². The van der Waals surface area contributed by atoms with Crippen LogP contribution in [0.1, 0.15) is 42.6 Å². The molecule has 4 rings (SSSR count). The van der Waals surface area contributed by atoms with Gasteiger partial charge in [-0.15, -0.1) is 0 Å². The second kappa shape index (κ2) is 10.2. The number of rotatable bonds is 4. The van der Waals surface area contributed by atoms with E-state index in [0.29, 0.717) is 26.6 Å². The van der Waals surface area contributed by atoms with Gasteiger partial charge >= 0.3 is 11.8 Å². The highest BCUT2D eigenvalue weighted by molar-refractivity contribution is 9.10. The zero-order valence-electron chi connectivity index (χ0n) is 17.5. The number of hydrogen-bond donors (Lipinski definition) is 3. The van der Waals surface area contributed by atoms with Crippen LogP contribution in [0, 0.1) is 0 Å². The molecule has 1 fully saturated rings. The number of aromatic nitrogens is 1. The van der Waals surface area contributed by atoms with Gasteiger partial charge in [-0.05, 0) is 55.3 Å². The molecule has 1 aliphatic carbocycles. The third-order valence-electron chi connectivity index (χ3n) is 5.53. The number of anilines is 1. The molecule has 0 aliphatic heterocycles. The normalized spacial score (nSPS) is 14.2. The van der Waals surface area contributed by atoms with Crippen molar-refractivity contribution in [2.75, 3.05) is 10.7 Å². The number of amides is 3. The Labute approximate surface area is 208 Å². The molecule has 0 spiro atoms. The number of benzene rings is 2. The predicted octanol–water partition coefficient (Wildman–Crippen LogP) is 5.48. The fraction of sp³-hybridized carbons (Fsp3) is 0.261. The third kappa shape index (κ3) is 5.51. The Hall–Kier alpha value is -2.55. The minimum atomic E-state index is -0.843. The first-order valence-electron chi connectivity index (χ1n) is 10.5. The largest absolute Gasteiger partial charge is 0.345 e. The fourth-order valence-corrected chi connectivity index (χ4v) is 4.57. The SMILES string of the molecule is O=C(NC1CCCCC1)C(=O)Nn1c(C(=O)Nc2ccc(Cl)c(Cl)c2)cc2cc(Br)ccc21. The Balaban J connectivity index is 1.59. The molecule has 7 nitrogen and oxygen atoms in total. The number of hydrogen-bond acceptors (Lipinski definition) is 3. The lowest BCUT2D eigenvalue weighted by molar-refractivity contribution is -0.137. The summed E-state index contributed by atoms with van der Waals surface area (Å²) in [5.74, 6) is -2.06. The van der Waals surface area contributed by atoms with Crippen LogP contribution in [-0.4, -0.2) is 28.4 Å². The van der Waals surface area contributed by atoms with E-state index in [2.05, 4.69) is 32.0 Å². The Bertz CT molecular complexity index is 1240. The molecular formula is C23H21BrCl2N4O3. The summed E-state index contributed by atoms with van der Waals surface area (Å²) in [6.07, 6.45) is 4.92. The summed E-state index contributed by atoms with van der Waals surface area (Å²) < 4.78 is 2.13. The van der Waals surface area contributed by atoms with Crippen LogP contribution in [0.25, 0.3) is 10.9 Å². The zero-order valence-corrected chi connectivity index (χ0v) is 20.6. The van der Waals surface area contributed by atoms with Gasteiger partial charge in [0.05, 0.1) is 15.6 Å². The van der Waals surface area contributed by atoms with Gasteiger partial charge < -0.3 is 10.6 Å². The molecule has 3 aromatic rings. The van der Waals surface area contributed by atoms with Crippen molar-refractivity contribution < 1.29 is 14.4 Å². The van der Waals surface area contributed by atoms with Gasteiger partial charge in [0.15, 0.2) is 0 Å². The summed E-state index contributed by atoms with van der Waals surface area (Å²) >= 11 is 15.4. The van der Waals surface area contributed by atoms with Gasteiger partial charge in [0.2, 0.25) is 0 Å². The van der Waals surface area contributed by atoms with Gasteiger partial charge in [0, 0.05) is 21.6 Å². The van der Waals surface area contributed by atoms with Crippen LogP contribution in [0.15, 0.2) is 46.9 Å². The van der Waals surface area contributed by atoms with Crippen molar-refractivity contribution in [2.24, 2.45) is 0 Å². The van der Waals surface area contributed by atoms with E-state index in [-0.39, 0.29) is 11.7 Å². The Morgan fingerprint density at radius 1 is 0.909 bits per heavy atom. The molecule has 10 heteroatoms. The van der Waals surface area contributed by atoms with E-state index in [1.165, 1.54) is 10.7 Å². The van der Waals surface area contributed by atoms with Gasteiger partial charge in [-0.3, -0.25) is 19.8 Å². The van der Waals surface area contributed by atoms with E-state index in [9.17, 15) is 14.4 Å². The minimum absolute atomic E-state index is 0.00761. The Kier molecular flexibility index (Phi) is 7.26. The number of nitrogens with zero attached hydrogens (tertiary/aromatic N) is 1. The average molecular weight is 552 g/mol. The summed E-state index contributed by atoms with van der Waals surface area (Å²) in [7, 11) is 0. The maximum atomic E-state index is 13.1. The number of carbonyl (C=O) groups is 3. The van der Waals surface area contributed by atoms with Gasteiger partial charge in [-0.25, -0.2) is 4.68 Å². The number of fused-ring (bicyclic) bond motifs is 1. The van der Waals surface area contributed by atoms with Gasteiger partial charge in [0.25, 0.3) is 5.91 Å². The predicted molar refractivity (Wildman–Crippen MR) is 133 cm³/mol. The van der Waals surface area contributed by atoms with Crippen molar-refractivity contribution in [2.45, 2.75) is 38.1 Å². The van der Waals surface area contributed by atoms with Crippen molar-refractivity contribution in [3.63, 3.8) is 0 Å². The molecule has 3 amide bonds. The summed E-state index contributed by atoms with van der Waals surface area (Å²) in [6.45, 7) is 0. The molecule has 1 aliphatic rings. The molecule has 33 heavy (non-hydrogen) atoms. The topological polar surface area (TPSA) is 92.2 Å². The first-order chi connectivity index (χ1) is 15.8. The molecule has 0 atom stereocenters. The summed E-state index contributed by atoms with van der Waals surface area (Å²) in [4.78, 5) is 38.3. The Morgan fingerprint density at radius 2 is 1.67 bits per heavy atom. The molecule has 0 bridgehead atoms. The van der Waals surface area contributed by atoms with E-state index in [1.54, 1.807) is 30.3 Å². The number of carbonyl (C=O) groups excluding carboxylic acids is 3. The molecule has 0 unspecified atom stereocenters. The third-order valence-corrected chi connectivity index (χ3v) is 6.77. The molecular weight excluding hydrogens is 531 g/mol. The van der Waals surface area contributed by atoms with Crippen LogP contribution in [0.5, 0.6) is 0 Å². The highest BCUT2D eigenvalue weighted by Crippen LogP contribution is 2.27. The molecule has 0 radical (unpaired) electrons. The van der Waals surface area contributed by atoms with Crippen LogP contribution in [0.3, 0.4) is 0 Å². The van der Waals surface area contributed by atoms with Gasteiger partial charge in [0.1, 0.15) is 5.69 Å². The number of halogens is 3. The fourth-order valence-electron chi connectivity index (χ4n) is 3.89. The van der Waals surface area contributed by atoms with Crippen LogP contribution >= 0.6 is 39.1 Å². The highest BCUT2D eigenvalue weighted by atomic mass is 79.9. The lowest BCUT2D eigenvalue weighted by atomic mass is 9.95. The van der Waals surface area contributed by atoms with Crippen LogP contribution < -0.4 is 16.1 Å². The van der Waals surface area contributed by atoms with E-state index in [0.717, 1.165) is 36.6 Å². The minimum Gasteiger partial charge on any atom is -0.345 e. The zero-order chi connectivity index (χ0) is 23.5. The first kappa shape index (κ1) is 23.6. The monoisotopic (exact) mass is 550 g/mol. The Morgan fingerprint density at radius 3 is 2.39 bits per heavy atom. The summed E-state index contributed by atoms with van der Waals surface area (Å²) in [5, 5.41) is 6.90. The van der Waals surface area contributed by atoms with Gasteiger partial charge in [-0.2, -0.15) is 0 Å². The standard InChI is InChI=1S/C23H21BrCl2N4O3/c24-14-6-9-19-13(10-14)11-20(21(31)28-16-7-8-17(25)18(26)12-16)30(19)29-23(33)22(32)27-15-4-2-1-3-5-15/h6-12,15H,1-5H2,(H,27,32)(H,28,31)(H,29,33). The van der Waals surface area contributed by atoms with Crippen molar-refractivity contribution >= 4 is 73.4 Å². The highest BCUT2D eigenvalue weighted by Gasteiger charge is 2.23. The second-order valence-electron chi connectivity index (χ2n) is 7.90. The van der Waals surface area contributed by atoms with Gasteiger partial charge in [-0.1, -0.05) is 58.4 Å². The molecule has 0 saturated heterocycles. The van der Waals surface area contributed by atoms with Crippen molar-refractivity contribution in [3.8, 4) is 0 Å². The van der Waals surface area contributed by atoms with Crippen molar-refractivity contribution in [1.29, 1.82) is 0 Å². The quantitative estimate of drug-likeness (QED) is 0.375. The second-order valence-corrected chi connectivity index (χ2v) is 9.63. The molecule has 1 aromatic heterocycles. The van der Waals surface area contributed by atoms with Crippen LogP contribution in [-0.2, 0) is 9.59 Å². The first-order valence-corrected chi connectivity index (χ1v) is 12.1. The van der Waals surface area contributed by atoms with Crippen LogP contribution in [0.2, 0.25) is 10.0 Å². The smallest absolute Gasteiger partial charge is 0.328 e. The summed E-state index contributed by atoms with van der Waals surface area (Å²) in [5.41, 5.74) is 3.72. The molecule has 172 valence electrons.